The zero-order valence-corrected chi connectivity index (χ0v) is 16.5. The highest BCUT2D eigenvalue weighted by molar-refractivity contribution is 7.90. The van der Waals surface area contributed by atoms with Crippen LogP contribution in [0.2, 0.25) is 0 Å². The topological polar surface area (TPSA) is 179 Å². The first-order valence-corrected chi connectivity index (χ1v) is 10.9. The van der Waals surface area contributed by atoms with Crippen LogP contribution >= 0.6 is 0 Å². The Morgan fingerprint density at radius 2 is 1.17 bits per heavy atom. The predicted molar refractivity (Wildman–Crippen MR) is 101 cm³/mol. The van der Waals surface area contributed by atoms with E-state index < -0.39 is 35.9 Å². The summed E-state index contributed by atoms with van der Waals surface area (Å²) >= 11 is 0. The Balaban J connectivity index is 2.03. The molecule has 0 saturated carbocycles. The summed E-state index contributed by atoms with van der Waals surface area (Å²) in [7, 11) is -8.05. The summed E-state index contributed by atoms with van der Waals surface area (Å²) in [6.45, 7) is 1.12. The van der Waals surface area contributed by atoms with Crippen molar-refractivity contribution < 1.29 is 26.7 Å². The first kappa shape index (κ1) is 22.4. The molecular formula is C15H16N4O8S2. The van der Waals surface area contributed by atoms with Gasteiger partial charge in [0.05, 0.1) is 19.6 Å². The number of nitro groups is 2. The molecule has 1 unspecified atom stereocenters. The molecule has 14 heteroatoms. The monoisotopic (exact) mass is 444 g/mol. The third-order valence-electron chi connectivity index (χ3n) is 3.65. The molecule has 0 heterocycles. The number of benzene rings is 2. The average Bonchev–Trinajstić information content (AvgIpc) is 2.66. The van der Waals surface area contributed by atoms with Crippen LogP contribution in [0.25, 0.3) is 0 Å². The SMILES string of the molecule is CC(CNS(=O)(=O)c1ccc([N+](=O)[O-])cc1)NS(=O)(=O)c1ccc([N+](=O)[O-])cc1. The first-order valence-electron chi connectivity index (χ1n) is 7.93. The number of rotatable bonds is 9. The summed E-state index contributed by atoms with van der Waals surface area (Å²) in [5.41, 5.74) is -0.541. The zero-order valence-electron chi connectivity index (χ0n) is 14.9. The fourth-order valence-corrected chi connectivity index (χ4v) is 4.56. The van der Waals surface area contributed by atoms with Crippen molar-refractivity contribution in [3.8, 4) is 0 Å². The number of nitrogens with one attached hydrogen (secondary N) is 2. The predicted octanol–water partition coefficient (Wildman–Crippen LogP) is 1.15. The molecule has 0 saturated heterocycles. The average molecular weight is 444 g/mol. The summed E-state index contributed by atoms with van der Waals surface area (Å²) in [5.74, 6) is 0. The number of non-ortho nitro benzene ring substituents is 2. The fourth-order valence-electron chi connectivity index (χ4n) is 2.19. The molecule has 2 aromatic carbocycles. The molecule has 0 aromatic heterocycles. The van der Waals surface area contributed by atoms with Gasteiger partial charge in [-0.05, 0) is 31.2 Å². The van der Waals surface area contributed by atoms with Crippen LogP contribution in [0.15, 0.2) is 58.3 Å². The van der Waals surface area contributed by atoms with Gasteiger partial charge in [-0.25, -0.2) is 26.3 Å². The maximum Gasteiger partial charge on any atom is 0.269 e. The minimum Gasteiger partial charge on any atom is -0.258 e. The molecule has 0 aliphatic carbocycles. The van der Waals surface area contributed by atoms with Crippen LogP contribution < -0.4 is 9.44 Å². The van der Waals surface area contributed by atoms with E-state index in [1.165, 1.54) is 6.92 Å². The quantitative estimate of drug-likeness (QED) is 0.427. The second-order valence-corrected chi connectivity index (χ2v) is 9.36. The number of hydrogen-bond donors (Lipinski definition) is 2. The molecule has 29 heavy (non-hydrogen) atoms. The number of nitro benzene ring substituents is 2. The van der Waals surface area contributed by atoms with Gasteiger partial charge in [0.25, 0.3) is 11.4 Å². The molecule has 0 aliphatic heterocycles. The lowest BCUT2D eigenvalue weighted by Crippen LogP contribution is -2.41. The van der Waals surface area contributed by atoms with Crippen LogP contribution in [0.3, 0.4) is 0 Å². The molecule has 2 aromatic rings. The molecule has 0 aliphatic rings. The van der Waals surface area contributed by atoms with Gasteiger partial charge in [0.2, 0.25) is 20.0 Å². The molecule has 156 valence electrons. The molecule has 2 N–H and O–H groups in total. The lowest BCUT2D eigenvalue weighted by Gasteiger charge is -2.15. The van der Waals surface area contributed by atoms with E-state index in [4.69, 9.17) is 0 Å². The summed E-state index contributed by atoms with van der Waals surface area (Å²) < 4.78 is 53.5. The molecule has 0 amide bonds. The fraction of sp³-hybridized carbons (Fsp3) is 0.200. The lowest BCUT2D eigenvalue weighted by atomic mass is 10.3. The zero-order chi connectivity index (χ0) is 21.8. The Labute approximate surface area is 166 Å². The minimum absolute atomic E-state index is 0.214. The standard InChI is InChI=1S/C15H16N4O8S2/c1-11(17-29(26,27)15-8-4-13(5-9-15)19(22)23)10-16-28(24,25)14-6-2-12(3-7-14)18(20)21/h2-9,11,16-17H,10H2,1H3. The van der Waals surface area contributed by atoms with E-state index in [0.717, 1.165) is 48.5 Å². The largest absolute Gasteiger partial charge is 0.269 e. The molecule has 0 radical (unpaired) electrons. The molecule has 0 bridgehead atoms. The maximum atomic E-state index is 12.3. The van der Waals surface area contributed by atoms with Crippen LogP contribution in [0.1, 0.15) is 6.92 Å². The molecule has 0 spiro atoms. The third kappa shape index (κ3) is 5.77. The van der Waals surface area contributed by atoms with Gasteiger partial charge < -0.3 is 0 Å². The van der Waals surface area contributed by atoms with Crippen molar-refractivity contribution in [2.75, 3.05) is 6.54 Å². The molecule has 12 nitrogen and oxygen atoms in total. The van der Waals surface area contributed by atoms with Crippen molar-refractivity contribution in [3.63, 3.8) is 0 Å². The van der Waals surface area contributed by atoms with Crippen LogP contribution in [0, 0.1) is 20.2 Å². The van der Waals surface area contributed by atoms with Crippen molar-refractivity contribution in [1.29, 1.82) is 0 Å². The Morgan fingerprint density at radius 1 is 0.793 bits per heavy atom. The van der Waals surface area contributed by atoms with Gasteiger partial charge in [-0.3, -0.25) is 20.2 Å². The Kier molecular flexibility index (Phi) is 6.63. The maximum absolute atomic E-state index is 12.3. The van der Waals surface area contributed by atoms with Crippen molar-refractivity contribution in [3.05, 3.63) is 68.8 Å². The normalized spacial score (nSPS) is 13.0. The highest BCUT2D eigenvalue weighted by Crippen LogP contribution is 2.17. The van der Waals surface area contributed by atoms with Gasteiger partial charge in [-0.1, -0.05) is 0 Å². The van der Waals surface area contributed by atoms with Crippen molar-refractivity contribution in [1.82, 2.24) is 9.44 Å². The van der Waals surface area contributed by atoms with E-state index in [2.05, 4.69) is 9.44 Å². The number of nitrogens with zero attached hydrogens (tertiary/aromatic N) is 2. The molecule has 2 rings (SSSR count). The summed E-state index contributed by atoms with van der Waals surface area (Å²) in [5, 5.41) is 21.3. The molecule has 0 fully saturated rings. The van der Waals surface area contributed by atoms with Crippen molar-refractivity contribution >= 4 is 31.4 Å². The van der Waals surface area contributed by atoms with E-state index in [-0.39, 0.29) is 27.7 Å². The Bertz CT molecular complexity index is 1110. The van der Waals surface area contributed by atoms with Crippen molar-refractivity contribution in [2.45, 2.75) is 22.8 Å². The summed E-state index contributed by atoms with van der Waals surface area (Å²) in [4.78, 5) is 19.5. The van der Waals surface area contributed by atoms with Gasteiger partial charge in [0, 0.05) is 36.9 Å². The smallest absolute Gasteiger partial charge is 0.258 e. The second kappa shape index (κ2) is 8.60. The summed E-state index contributed by atoms with van der Waals surface area (Å²) in [6, 6.07) is 7.54. The molecule has 1 atom stereocenters. The van der Waals surface area contributed by atoms with E-state index in [0.29, 0.717) is 0 Å². The Morgan fingerprint density at radius 3 is 1.55 bits per heavy atom. The van der Waals surface area contributed by atoms with Crippen LogP contribution in [0.4, 0.5) is 11.4 Å². The van der Waals surface area contributed by atoms with Crippen LogP contribution in [-0.2, 0) is 20.0 Å². The number of sulfonamides is 2. The Hall–Kier alpha value is -2.94. The van der Waals surface area contributed by atoms with Gasteiger partial charge >= 0.3 is 0 Å². The van der Waals surface area contributed by atoms with E-state index in [1.54, 1.807) is 0 Å². The van der Waals surface area contributed by atoms with Gasteiger partial charge in [-0.15, -0.1) is 0 Å². The first-order chi connectivity index (χ1) is 13.4. The van der Waals surface area contributed by atoms with Crippen LogP contribution in [-0.4, -0.2) is 39.3 Å². The van der Waals surface area contributed by atoms with E-state index >= 15 is 0 Å². The lowest BCUT2D eigenvalue weighted by molar-refractivity contribution is -0.385. The highest BCUT2D eigenvalue weighted by Gasteiger charge is 2.21. The number of hydrogen-bond acceptors (Lipinski definition) is 8. The third-order valence-corrected chi connectivity index (χ3v) is 6.70. The second-order valence-electron chi connectivity index (χ2n) is 5.88. The van der Waals surface area contributed by atoms with Gasteiger partial charge in [0.15, 0.2) is 0 Å². The van der Waals surface area contributed by atoms with Crippen molar-refractivity contribution in [2.24, 2.45) is 0 Å². The molecular weight excluding hydrogens is 428 g/mol. The van der Waals surface area contributed by atoms with Gasteiger partial charge in [0.1, 0.15) is 0 Å². The minimum atomic E-state index is -4.03. The van der Waals surface area contributed by atoms with Gasteiger partial charge in [-0.2, -0.15) is 0 Å². The van der Waals surface area contributed by atoms with E-state index in [1.807, 2.05) is 0 Å². The highest BCUT2D eigenvalue weighted by atomic mass is 32.2. The van der Waals surface area contributed by atoms with E-state index in [9.17, 15) is 37.1 Å². The van der Waals surface area contributed by atoms with Crippen LogP contribution in [0.5, 0.6) is 0 Å². The summed E-state index contributed by atoms with van der Waals surface area (Å²) in [6.07, 6.45) is 0.